The van der Waals surface area contributed by atoms with Gasteiger partial charge in [0.2, 0.25) is 0 Å². The second kappa shape index (κ2) is 11.2. The second-order valence-corrected chi connectivity index (χ2v) is 9.12. The molecule has 0 bridgehead atoms. The monoisotopic (exact) mass is 420 g/mol. The maximum absolute atomic E-state index is 4.66. The van der Waals surface area contributed by atoms with Gasteiger partial charge < -0.3 is 9.97 Å². The Kier molecular flexibility index (Phi) is 7.84. The van der Waals surface area contributed by atoms with Crippen LogP contribution in [0, 0.1) is 0 Å². The molecule has 0 radical (unpaired) electrons. The van der Waals surface area contributed by atoms with Crippen LogP contribution < -0.4 is 0 Å². The third kappa shape index (κ3) is 6.11. The average molecular weight is 421 g/mol. The normalized spacial score (nSPS) is 11.6. The summed E-state index contributed by atoms with van der Waals surface area (Å²) in [4.78, 5) is 16.1. The van der Waals surface area contributed by atoms with Crippen LogP contribution in [0.1, 0.15) is 63.6 Å². The summed E-state index contributed by atoms with van der Waals surface area (Å²) in [5.74, 6) is 2.29. The highest BCUT2D eigenvalue weighted by molar-refractivity contribution is 7.99. The molecule has 2 heterocycles. The van der Waals surface area contributed by atoms with Crippen molar-refractivity contribution in [2.24, 2.45) is 0 Å². The van der Waals surface area contributed by atoms with E-state index in [1.807, 2.05) is 23.9 Å². The van der Waals surface area contributed by atoms with Gasteiger partial charge in [0.1, 0.15) is 5.82 Å². The molecule has 0 saturated heterocycles. The SMILES string of the molecule is c1ccc2[nH]c(CCCCCCCCCCCSc3nc4ccccc4[nH]3)nc2c1. The quantitative estimate of drug-likeness (QED) is 0.176. The fourth-order valence-electron chi connectivity index (χ4n) is 3.92. The molecule has 158 valence electrons. The van der Waals surface area contributed by atoms with Gasteiger partial charge in [-0.3, -0.25) is 0 Å². The van der Waals surface area contributed by atoms with Crippen LogP contribution in [0.4, 0.5) is 0 Å². The molecular formula is C25H32N4S. The van der Waals surface area contributed by atoms with E-state index in [0.29, 0.717) is 0 Å². The Morgan fingerprint density at radius 3 is 1.83 bits per heavy atom. The molecule has 2 aromatic carbocycles. The fraction of sp³-hybridized carbons (Fsp3) is 0.440. The van der Waals surface area contributed by atoms with Crippen LogP contribution in [0.3, 0.4) is 0 Å². The Hall–Kier alpha value is -2.27. The number of aromatic amines is 2. The summed E-state index contributed by atoms with van der Waals surface area (Å²) in [7, 11) is 0. The standard InChI is InChI=1S/C25H32N4S/c1(2-4-6-8-18-24-26-20-14-9-10-15-21(20)27-24)3-5-7-13-19-30-25-28-22-16-11-12-17-23(22)29-25/h9-12,14-17H,1-8,13,18-19H2,(H,26,27)(H,28,29). The number of nitrogens with zero attached hydrogens (tertiary/aromatic N) is 2. The van der Waals surface area contributed by atoms with Crippen LogP contribution in [0.25, 0.3) is 22.1 Å². The third-order valence-corrected chi connectivity index (χ3v) is 6.56. The van der Waals surface area contributed by atoms with Gasteiger partial charge in [-0.25, -0.2) is 9.97 Å². The van der Waals surface area contributed by atoms with Crippen molar-refractivity contribution in [1.82, 2.24) is 19.9 Å². The number of aryl methyl sites for hydroxylation is 1. The number of hydrogen-bond acceptors (Lipinski definition) is 3. The molecule has 0 aliphatic carbocycles. The van der Waals surface area contributed by atoms with E-state index in [1.165, 1.54) is 57.8 Å². The van der Waals surface area contributed by atoms with E-state index in [1.54, 1.807) is 0 Å². The maximum atomic E-state index is 4.66. The zero-order valence-corrected chi connectivity index (χ0v) is 18.5. The topological polar surface area (TPSA) is 57.4 Å². The van der Waals surface area contributed by atoms with Crippen molar-refractivity contribution in [3.8, 4) is 0 Å². The maximum Gasteiger partial charge on any atom is 0.166 e. The summed E-state index contributed by atoms with van der Waals surface area (Å²) in [6.45, 7) is 0. The number of fused-ring (bicyclic) bond motifs is 2. The van der Waals surface area contributed by atoms with Gasteiger partial charge in [0.15, 0.2) is 5.16 Å². The summed E-state index contributed by atoms with van der Waals surface area (Å²) in [5, 5.41) is 1.05. The first kappa shape index (κ1) is 21.0. The third-order valence-electron chi connectivity index (χ3n) is 5.60. The highest BCUT2D eigenvalue weighted by atomic mass is 32.2. The number of benzene rings is 2. The molecular weight excluding hydrogens is 388 g/mol. The number of thioether (sulfide) groups is 1. The van der Waals surface area contributed by atoms with Gasteiger partial charge in [-0.05, 0) is 37.1 Å². The molecule has 4 rings (SSSR count). The van der Waals surface area contributed by atoms with Crippen LogP contribution in [0.5, 0.6) is 0 Å². The molecule has 2 aromatic heterocycles. The van der Waals surface area contributed by atoms with Gasteiger partial charge >= 0.3 is 0 Å². The first-order valence-corrected chi connectivity index (χ1v) is 12.4. The van der Waals surface area contributed by atoms with Gasteiger partial charge in [0.05, 0.1) is 22.1 Å². The van der Waals surface area contributed by atoms with E-state index >= 15 is 0 Å². The summed E-state index contributed by atoms with van der Waals surface area (Å²) < 4.78 is 0. The minimum atomic E-state index is 1.05. The average Bonchev–Trinajstić information content (AvgIpc) is 3.37. The van der Waals surface area contributed by atoms with Crippen LogP contribution in [-0.2, 0) is 6.42 Å². The number of nitrogens with one attached hydrogen (secondary N) is 2. The predicted octanol–water partition coefficient (Wildman–Crippen LogP) is 7.28. The number of aromatic nitrogens is 4. The van der Waals surface area contributed by atoms with Crippen molar-refractivity contribution in [3.63, 3.8) is 0 Å². The number of hydrogen-bond donors (Lipinski definition) is 2. The first-order valence-electron chi connectivity index (χ1n) is 11.4. The second-order valence-electron chi connectivity index (χ2n) is 8.04. The van der Waals surface area contributed by atoms with E-state index in [9.17, 15) is 0 Å². The number of imidazole rings is 2. The van der Waals surface area contributed by atoms with Gasteiger partial charge in [0.25, 0.3) is 0 Å². The van der Waals surface area contributed by atoms with Gasteiger partial charge in [0, 0.05) is 12.2 Å². The van der Waals surface area contributed by atoms with Crippen LogP contribution in [0.15, 0.2) is 53.7 Å². The summed E-state index contributed by atoms with van der Waals surface area (Å²) in [5.41, 5.74) is 4.45. The predicted molar refractivity (Wildman–Crippen MR) is 128 cm³/mol. The molecule has 0 spiro atoms. The lowest BCUT2D eigenvalue weighted by atomic mass is 10.1. The van der Waals surface area contributed by atoms with Crippen LogP contribution >= 0.6 is 11.8 Å². The Morgan fingerprint density at radius 2 is 1.17 bits per heavy atom. The van der Waals surface area contributed by atoms with E-state index < -0.39 is 0 Å². The Balaban J connectivity index is 0.974. The molecule has 4 nitrogen and oxygen atoms in total. The molecule has 30 heavy (non-hydrogen) atoms. The highest BCUT2D eigenvalue weighted by Gasteiger charge is 2.03. The lowest BCUT2D eigenvalue weighted by Gasteiger charge is -2.02. The van der Waals surface area contributed by atoms with E-state index in [4.69, 9.17) is 0 Å². The molecule has 0 fully saturated rings. The lowest BCUT2D eigenvalue weighted by Crippen LogP contribution is -1.89. The molecule has 0 unspecified atom stereocenters. The van der Waals surface area contributed by atoms with Crippen LogP contribution in [-0.4, -0.2) is 25.7 Å². The minimum Gasteiger partial charge on any atom is -0.342 e. The van der Waals surface area contributed by atoms with Crippen molar-refractivity contribution in [3.05, 3.63) is 54.4 Å². The zero-order chi connectivity index (χ0) is 20.4. The van der Waals surface area contributed by atoms with Crippen molar-refractivity contribution >= 4 is 33.8 Å². The molecule has 0 saturated carbocycles. The summed E-state index contributed by atoms with van der Waals surface area (Å²) in [6.07, 6.45) is 13.1. The first-order chi connectivity index (χ1) is 14.9. The Morgan fingerprint density at radius 1 is 0.600 bits per heavy atom. The molecule has 2 N–H and O–H groups in total. The van der Waals surface area contributed by atoms with Gasteiger partial charge in [-0.15, -0.1) is 0 Å². The largest absolute Gasteiger partial charge is 0.342 e. The van der Waals surface area contributed by atoms with Crippen LogP contribution in [0.2, 0.25) is 0 Å². The summed E-state index contributed by atoms with van der Waals surface area (Å²) in [6, 6.07) is 16.5. The number of rotatable bonds is 13. The van der Waals surface area contributed by atoms with Crippen molar-refractivity contribution in [2.45, 2.75) is 69.4 Å². The van der Waals surface area contributed by atoms with Gasteiger partial charge in [-0.1, -0.05) is 81.0 Å². The number of para-hydroxylation sites is 4. The fourth-order valence-corrected chi connectivity index (χ4v) is 4.81. The highest BCUT2D eigenvalue weighted by Crippen LogP contribution is 2.21. The zero-order valence-electron chi connectivity index (χ0n) is 17.7. The van der Waals surface area contributed by atoms with Crippen molar-refractivity contribution in [1.29, 1.82) is 0 Å². The molecule has 4 aromatic rings. The molecule has 0 amide bonds. The Bertz CT molecular complexity index is 886. The van der Waals surface area contributed by atoms with E-state index in [0.717, 1.165) is 45.2 Å². The molecule has 0 aliphatic heterocycles. The number of H-pyrrole nitrogens is 2. The van der Waals surface area contributed by atoms with Crippen molar-refractivity contribution in [2.75, 3.05) is 5.75 Å². The van der Waals surface area contributed by atoms with Crippen molar-refractivity contribution < 1.29 is 0 Å². The molecule has 5 heteroatoms. The lowest BCUT2D eigenvalue weighted by molar-refractivity contribution is 0.563. The molecule has 0 atom stereocenters. The van der Waals surface area contributed by atoms with Gasteiger partial charge in [-0.2, -0.15) is 0 Å². The van der Waals surface area contributed by atoms with E-state index in [-0.39, 0.29) is 0 Å². The molecule has 0 aliphatic rings. The van der Waals surface area contributed by atoms with E-state index in [2.05, 4.69) is 56.3 Å². The minimum absolute atomic E-state index is 1.05. The smallest absolute Gasteiger partial charge is 0.166 e. The summed E-state index contributed by atoms with van der Waals surface area (Å²) >= 11 is 1.85. The Labute approximate surface area is 183 Å². The number of unbranched alkanes of at least 4 members (excludes halogenated alkanes) is 8.